The Bertz CT molecular complexity index is 451. The number of alkyl halides is 3. The first-order valence-electron chi connectivity index (χ1n) is 6.75. The fourth-order valence-electron chi connectivity index (χ4n) is 2.66. The second-order valence-corrected chi connectivity index (χ2v) is 7.29. The fraction of sp³-hybridized carbons (Fsp3) is 1.00. The first kappa shape index (κ1) is 16.9. The molecular formula is C11H19F3N2O4S. The molecule has 0 aromatic heterocycles. The van der Waals surface area contributed by atoms with Crippen LogP contribution in [0.15, 0.2) is 0 Å². The van der Waals surface area contributed by atoms with Crippen LogP contribution in [0.5, 0.6) is 0 Å². The van der Waals surface area contributed by atoms with Crippen molar-refractivity contribution in [3.63, 3.8) is 0 Å². The van der Waals surface area contributed by atoms with Gasteiger partial charge in [-0.3, -0.25) is 0 Å². The summed E-state index contributed by atoms with van der Waals surface area (Å²) in [4.78, 5) is 0. The molecule has 21 heavy (non-hydrogen) atoms. The molecule has 2 rings (SSSR count). The van der Waals surface area contributed by atoms with Crippen LogP contribution in [-0.2, 0) is 14.9 Å². The minimum atomic E-state index is -4.47. The first-order valence-corrected chi connectivity index (χ1v) is 8.15. The van der Waals surface area contributed by atoms with E-state index in [2.05, 4.69) is 0 Å². The van der Waals surface area contributed by atoms with Crippen LogP contribution in [0.1, 0.15) is 6.42 Å². The largest absolute Gasteiger partial charge is 0.396 e. The van der Waals surface area contributed by atoms with Gasteiger partial charge in [-0.1, -0.05) is 0 Å². The average Bonchev–Trinajstić information content (AvgIpc) is 2.46. The Morgan fingerprint density at radius 1 is 1.14 bits per heavy atom. The molecule has 10 heteroatoms. The zero-order valence-corrected chi connectivity index (χ0v) is 12.2. The molecule has 0 radical (unpaired) electrons. The number of piperidine rings is 1. The van der Waals surface area contributed by atoms with E-state index in [0.29, 0.717) is 0 Å². The number of aliphatic hydroxyl groups is 1. The molecule has 0 amide bonds. The van der Waals surface area contributed by atoms with Gasteiger partial charge in [-0.15, -0.1) is 0 Å². The standard InChI is InChI=1S/C11H19F3N2O4S/c12-11(13,14)10-5-9(8-17)6-16(7-10)21(18,19)15-1-3-20-4-2-15/h9-10,17H,1-8H2. The van der Waals surface area contributed by atoms with Crippen molar-refractivity contribution in [2.45, 2.75) is 12.6 Å². The maximum absolute atomic E-state index is 12.9. The Labute approximate surface area is 121 Å². The van der Waals surface area contributed by atoms with E-state index in [9.17, 15) is 21.6 Å². The van der Waals surface area contributed by atoms with Crippen LogP contribution in [0.2, 0.25) is 0 Å². The van der Waals surface area contributed by atoms with E-state index < -0.39 is 41.4 Å². The molecule has 0 spiro atoms. The van der Waals surface area contributed by atoms with Gasteiger partial charge in [0.05, 0.1) is 19.1 Å². The van der Waals surface area contributed by atoms with E-state index >= 15 is 0 Å². The summed E-state index contributed by atoms with van der Waals surface area (Å²) in [6.45, 7) is -0.374. The molecule has 2 saturated heterocycles. The topological polar surface area (TPSA) is 70.1 Å². The van der Waals surface area contributed by atoms with Gasteiger partial charge >= 0.3 is 6.18 Å². The predicted octanol–water partition coefficient (Wildman–Crippen LogP) is 0.0561. The van der Waals surface area contributed by atoms with Crippen LogP contribution in [0.25, 0.3) is 0 Å². The Morgan fingerprint density at radius 3 is 2.29 bits per heavy atom. The quantitative estimate of drug-likeness (QED) is 0.793. The maximum atomic E-state index is 12.9. The number of nitrogens with zero attached hydrogens (tertiary/aromatic N) is 2. The smallest absolute Gasteiger partial charge is 0.393 e. The van der Waals surface area contributed by atoms with Crippen molar-refractivity contribution in [2.75, 3.05) is 46.0 Å². The van der Waals surface area contributed by atoms with Gasteiger partial charge in [-0.05, 0) is 12.3 Å². The number of rotatable bonds is 3. The van der Waals surface area contributed by atoms with Crippen LogP contribution in [0, 0.1) is 11.8 Å². The summed E-state index contributed by atoms with van der Waals surface area (Å²) in [6.07, 6.45) is -4.71. The lowest BCUT2D eigenvalue weighted by Crippen LogP contribution is -2.55. The third-order valence-corrected chi connectivity index (χ3v) is 5.82. The third-order valence-electron chi connectivity index (χ3n) is 3.85. The van der Waals surface area contributed by atoms with Gasteiger partial charge in [0.25, 0.3) is 10.2 Å². The summed E-state index contributed by atoms with van der Waals surface area (Å²) in [5.74, 6) is -2.43. The van der Waals surface area contributed by atoms with E-state index in [4.69, 9.17) is 9.84 Å². The van der Waals surface area contributed by atoms with E-state index in [1.807, 2.05) is 0 Å². The average molecular weight is 332 g/mol. The first-order chi connectivity index (χ1) is 9.75. The highest BCUT2D eigenvalue weighted by molar-refractivity contribution is 7.86. The van der Waals surface area contributed by atoms with Gasteiger partial charge in [0, 0.05) is 32.8 Å². The molecule has 2 fully saturated rings. The minimum Gasteiger partial charge on any atom is -0.396 e. The van der Waals surface area contributed by atoms with Gasteiger partial charge in [0.1, 0.15) is 0 Å². The summed E-state index contributed by atoms with van der Waals surface area (Å²) in [6, 6.07) is 0. The molecule has 124 valence electrons. The lowest BCUT2D eigenvalue weighted by molar-refractivity contribution is -0.188. The number of morpholine rings is 1. The summed E-state index contributed by atoms with van der Waals surface area (Å²) in [5.41, 5.74) is 0. The highest BCUT2D eigenvalue weighted by Gasteiger charge is 2.47. The van der Waals surface area contributed by atoms with Crippen molar-refractivity contribution in [2.24, 2.45) is 11.8 Å². The van der Waals surface area contributed by atoms with Crippen molar-refractivity contribution in [3.05, 3.63) is 0 Å². The molecule has 2 atom stereocenters. The summed E-state index contributed by atoms with van der Waals surface area (Å²) in [7, 11) is -3.95. The van der Waals surface area contributed by atoms with Crippen LogP contribution in [0.4, 0.5) is 13.2 Å². The van der Waals surface area contributed by atoms with Gasteiger partial charge in [-0.25, -0.2) is 0 Å². The zero-order valence-electron chi connectivity index (χ0n) is 11.4. The van der Waals surface area contributed by atoms with Crippen LogP contribution >= 0.6 is 0 Å². The normalized spacial score (nSPS) is 30.5. The van der Waals surface area contributed by atoms with Crippen molar-refractivity contribution >= 4 is 10.2 Å². The third kappa shape index (κ3) is 3.86. The van der Waals surface area contributed by atoms with E-state index in [1.165, 1.54) is 0 Å². The van der Waals surface area contributed by atoms with Gasteiger partial charge in [0.15, 0.2) is 0 Å². The van der Waals surface area contributed by atoms with Crippen molar-refractivity contribution in [1.82, 2.24) is 8.61 Å². The lowest BCUT2D eigenvalue weighted by atomic mass is 9.90. The number of hydrogen-bond acceptors (Lipinski definition) is 4. The van der Waals surface area contributed by atoms with Gasteiger partial charge in [-0.2, -0.15) is 30.2 Å². The maximum Gasteiger partial charge on any atom is 0.393 e. The molecule has 0 saturated carbocycles. The fourth-order valence-corrected chi connectivity index (χ4v) is 4.36. The van der Waals surface area contributed by atoms with E-state index in [1.54, 1.807) is 0 Å². The van der Waals surface area contributed by atoms with Gasteiger partial charge < -0.3 is 9.84 Å². The molecule has 2 unspecified atom stereocenters. The molecule has 0 bridgehead atoms. The number of halogens is 3. The van der Waals surface area contributed by atoms with E-state index in [-0.39, 0.29) is 39.3 Å². The Kier molecular flexibility index (Phi) is 5.14. The number of hydrogen-bond donors (Lipinski definition) is 1. The van der Waals surface area contributed by atoms with Crippen molar-refractivity contribution in [3.8, 4) is 0 Å². The number of ether oxygens (including phenoxy) is 1. The second-order valence-electron chi connectivity index (χ2n) is 5.36. The van der Waals surface area contributed by atoms with Crippen LogP contribution in [-0.4, -0.2) is 74.3 Å². The highest BCUT2D eigenvalue weighted by atomic mass is 32.2. The summed E-state index contributed by atoms with van der Waals surface area (Å²) < 4.78 is 70.6. The van der Waals surface area contributed by atoms with Crippen LogP contribution in [0.3, 0.4) is 0 Å². The highest BCUT2D eigenvalue weighted by Crippen LogP contribution is 2.36. The summed E-state index contributed by atoms with van der Waals surface area (Å²) in [5, 5.41) is 9.15. The molecule has 2 aliphatic rings. The van der Waals surface area contributed by atoms with Crippen molar-refractivity contribution < 1.29 is 31.4 Å². The molecule has 0 aromatic rings. The predicted molar refractivity (Wildman–Crippen MR) is 67.6 cm³/mol. The van der Waals surface area contributed by atoms with E-state index in [0.717, 1.165) is 8.61 Å². The SMILES string of the molecule is O=S(=O)(N1CCOCC1)N1CC(CO)CC(C(F)(F)F)C1. The molecule has 6 nitrogen and oxygen atoms in total. The Balaban J connectivity index is 2.16. The Hall–Kier alpha value is -0.420. The molecule has 0 aromatic carbocycles. The second kappa shape index (κ2) is 6.37. The Morgan fingerprint density at radius 2 is 1.76 bits per heavy atom. The molecular weight excluding hydrogens is 313 g/mol. The molecule has 0 aliphatic carbocycles. The van der Waals surface area contributed by atoms with Crippen LogP contribution < -0.4 is 0 Å². The van der Waals surface area contributed by atoms with Crippen molar-refractivity contribution in [1.29, 1.82) is 0 Å². The molecule has 1 N–H and O–H groups in total. The lowest BCUT2D eigenvalue weighted by Gasteiger charge is -2.39. The monoisotopic (exact) mass is 332 g/mol. The summed E-state index contributed by atoms with van der Waals surface area (Å²) >= 11 is 0. The molecule has 2 aliphatic heterocycles. The minimum absolute atomic E-state index is 0.0806. The van der Waals surface area contributed by atoms with Gasteiger partial charge in [0.2, 0.25) is 0 Å². The molecule has 2 heterocycles. The number of aliphatic hydroxyl groups excluding tert-OH is 1. The zero-order chi connectivity index (χ0) is 15.7.